The van der Waals surface area contributed by atoms with E-state index < -0.39 is 0 Å². The lowest BCUT2D eigenvalue weighted by Gasteiger charge is -2.31. The molecule has 0 spiro atoms. The van der Waals surface area contributed by atoms with Gasteiger partial charge in [-0.2, -0.15) is 0 Å². The minimum absolute atomic E-state index is 0.0958. The summed E-state index contributed by atoms with van der Waals surface area (Å²) in [5.41, 5.74) is 1.39. The number of rotatable bonds is 1. The topological polar surface area (TPSA) is 20.3 Å². The summed E-state index contributed by atoms with van der Waals surface area (Å²) in [6, 6.07) is 10.5. The first-order chi connectivity index (χ1) is 7.27. The summed E-state index contributed by atoms with van der Waals surface area (Å²) in [6.07, 6.45) is 2.10. The molecule has 2 nitrogen and oxygen atoms in total. The molecule has 0 aliphatic carbocycles. The Morgan fingerprint density at radius 1 is 1.20 bits per heavy atom. The quantitative estimate of drug-likeness (QED) is 0.723. The van der Waals surface area contributed by atoms with Crippen LogP contribution < -0.4 is 0 Å². The summed E-state index contributed by atoms with van der Waals surface area (Å²) in [6.45, 7) is 1.67. The molecule has 80 valence electrons. The van der Waals surface area contributed by atoms with Gasteiger partial charge < -0.3 is 4.90 Å². The molecule has 0 bridgehead atoms. The Bertz CT molecular complexity index is 331. The monoisotopic (exact) mass is 221 g/mol. The van der Waals surface area contributed by atoms with Crippen molar-refractivity contribution in [2.45, 2.75) is 18.8 Å². The SMILES string of the molecule is O=C(S)N1CCC(c2ccccc2)CC1. The molecule has 1 amide bonds. The summed E-state index contributed by atoms with van der Waals surface area (Å²) in [5.74, 6) is 0.607. The predicted molar refractivity (Wildman–Crippen MR) is 64.4 cm³/mol. The van der Waals surface area contributed by atoms with Crippen molar-refractivity contribution in [3.05, 3.63) is 35.9 Å². The van der Waals surface area contributed by atoms with E-state index in [4.69, 9.17) is 0 Å². The fraction of sp³-hybridized carbons (Fsp3) is 0.417. The molecule has 1 aromatic rings. The molecule has 0 radical (unpaired) electrons. The molecule has 0 atom stereocenters. The average molecular weight is 221 g/mol. The van der Waals surface area contributed by atoms with Crippen LogP contribution in [0.3, 0.4) is 0 Å². The minimum atomic E-state index is -0.0958. The van der Waals surface area contributed by atoms with Crippen LogP contribution >= 0.6 is 12.6 Å². The summed E-state index contributed by atoms with van der Waals surface area (Å²) in [7, 11) is 0. The van der Waals surface area contributed by atoms with E-state index in [0.29, 0.717) is 5.92 Å². The van der Waals surface area contributed by atoms with Gasteiger partial charge in [-0.3, -0.25) is 4.79 Å². The van der Waals surface area contributed by atoms with Gasteiger partial charge in [0.1, 0.15) is 0 Å². The van der Waals surface area contributed by atoms with E-state index in [-0.39, 0.29) is 5.24 Å². The van der Waals surface area contributed by atoms with Crippen molar-refractivity contribution in [1.29, 1.82) is 0 Å². The smallest absolute Gasteiger partial charge is 0.278 e. The van der Waals surface area contributed by atoms with Gasteiger partial charge in [-0.15, -0.1) is 0 Å². The molecule has 1 aliphatic heterocycles. The van der Waals surface area contributed by atoms with Crippen LogP contribution in [0.5, 0.6) is 0 Å². The van der Waals surface area contributed by atoms with Gasteiger partial charge in [0.2, 0.25) is 0 Å². The average Bonchev–Trinajstić information content (AvgIpc) is 2.30. The first kappa shape index (κ1) is 10.6. The normalized spacial score (nSPS) is 17.8. The zero-order valence-corrected chi connectivity index (χ0v) is 9.49. The Morgan fingerprint density at radius 2 is 1.80 bits per heavy atom. The standard InChI is InChI=1S/C12H15NOS/c14-12(15)13-8-6-11(7-9-13)10-4-2-1-3-5-10/h1-5,11H,6-9H2,(H,14,15). The highest BCUT2D eigenvalue weighted by Crippen LogP contribution is 2.27. The lowest BCUT2D eigenvalue weighted by atomic mass is 9.90. The minimum Gasteiger partial charge on any atom is -0.334 e. The van der Waals surface area contributed by atoms with Gasteiger partial charge >= 0.3 is 0 Å². The van der Waals surface area contributed by atoms with E-state index in [1.807, 2.05) is 11.0 Å². The maximum atomic E-state index is 11.0. The number of piperidine rings is 1. The molecule has 1 saturated heterocycles. The van der Waals surface area contributed by atoms with Crippen molar-refractivity contribution in [1.82, 2.24) is 4.90 Å². The fourth-order valence-electron chi connectivity index (χ4n) is 2.13. The second-order valence-corrected chi connectivity index (χ2v) is 4.34. The van der Waals surface area contributed by atoms with Crippen LogP contribution in [0.4, 0.5) is 4.79 Å². The van der Waals surface area contributed by atoms with Crippen molar-refractivity contribution in [3.63, 3.8) is 0 Å². The summed E-state index contributed by atoms with van der Waals surface area (Å²) < 4.78 is 0. The van der Waals surface area contributed by atoms with Crippen molar-refractivity contribution in [3.8, 4) is 0 Å². The molecular formula is C12H15NOS. The van der Waals surface area contributed by atoms with Gasteiger partial charge in [-0.1, -0.05) is 43.0 Å². The number of hydrogen-bond donors (Lipinski definition) is 1. The third-order valence-corrected chi connectivity index (χ3v) is 3.32. The number of likely N-dealkylation sites (tertiary alicyclic amines) is 1. The largest absolute Gasteiger partial charge is 0.334 e. The number of nitrogens with zero attached hydrogens (tertiary/aromatic N) is 1. The van der Waals surface area contributed by atoms with Crippen molar-refractivity contribution >= 4 is 17.9 Å². The van der Waals surface area contributed by atoms with Gasteiger partial charge in [0.05, 0.1) is 0 Å². The molecule has 1 aliphatic rings. The maximum Gasteiger partial charge on any atom is 0.278 e. The summed E-state index contributed by atoms with van der Waals surface area (Å²) in [5, 5.41) is -0.0958. The van der Waals surface area contributed by atoms with Crippen LogP contribution in [0.2, 0.25) is 0 Å². The van der Waals surface area contributed by atoms with Crippen LogP contribution in [0.1, 0.15) is 24.3 Å². The number of thiol groups is 1. The predicted octanol–water partition coefficient (Wildman–Crippen LogP) is 2.92. The van der Waals surface area contributed by atoms with Gasteiger partial charge in [-0.05, 0) is 24.3 Å². The Kier molecular flexibility index (Phi) is 3.31. The molecule has 15 heavy (non-hydrogen) atoms. The van der Waals surface area contributed by atoms with Crippen LogP contribution in [-0.4, -0.2) is 23.2 Å². The number of amides is 1. The fourth-order valence-corrected chi connectivity index (χ4v) is 2.33. The third kappa shape index (κ3) is 2.53. The van der Waals surface area contributed by atoms with Crippen molar-refractivity contribution in [2.75, 3.05) is 13.1 Å². The van der Waals surface area contributed by atoms with Gasteiger partial charge in [0, 0.05) is 13.1 Å². The van der Waals surface area contributed by atoms with E-state index in [0.717, 1.165) is 25.9 Å². The molecule has 3 heteroatoms. The highest BCUT2D eigenvalue weighted by molar-refractivity contribution is 7.96. The van der Waals surface area contributed by atoms with E-state index in [9.17, 15) is 4.79 Å². The van der Waals surface area contributed by atoms with Crippen LogP contribution in [0, 0.1) is 0 Å². The Morgan fingerprint density at radius 3 is 2.33 bits per heavy atom. The second-order valence-electron chi connectivity index (χ2n) is 3.95. The molecule has 0 saturated carbocycles. The zero-order chi connectivity index (χ0) is 10.7. The molecule has 1 aromatic carbocycles. The molecule has 1 heterocycles. The zero-order valence-electron chi connectivity index (χ0n) is 8.60. The Hall–Kier alpha value is -0.960. The highest BCUT2D eigenvalue weighted by Gasteiger charge is 2.21. The van der Waals surface area contributed by atoms with Crippen molar-refractivity contribution < 1.29 is 4.79 Å². The van der Waals surface area contributed by atoms with E-state index in [2.05, 4.69) is 36.9 Å². The van der Waals surface area contributed by atoms with Crippen LogP contribution in [-0.2, 0) is 0 Å². The lowest BCUT2D eigenvalue weighted by Crippen LogP contribution is -2.34. The molecule has 0 aromatic heterocycles. The molecule has 2 rings (SSSR count). The third-order valence-electron chi connectivity index (χ3n) is 3.04. The van der Waals surface area contributed by atoms with Crippen LogP contribution in [0.15, 0.2) is 30.3 Å². The van der Waals surface area contributed by atoms with Gasteiger partial charge in [0.15, 0.2) is 0 Å². The Balaban J connectivity index is 1.97. The highest BCUT2D eigenvalue weighted by atomic mass is 32.1. The summed E-state index contributed by atoms with van der Waals surface area (Å²) >= 11 is 3.85. The Labute approximate surface area is 95.7 Å². The molecular weight excluding hydrogens is 206 g/mol. The van der Waals surface area contributed by atoms with Gasteiger partial charge in [0.25, 0.3) is 5.24 Å². The van der Waals surface area contributed by atoms with E-state index in [1.165, 1.54) is 5.56 Å². The van der Waals surface area contributed by atoms with Gasteiger partial charge in [-0.25, -0.2) is 0 Å². The van der Waals surface area contributed by atoms with Crippen molar-refractivity contribution in [2.24, 2.45) is 0 Å². The molecule has 0 N–H and O–H groups in total. The number of carbonyl (C=O) groups excluding carboxylic acids is 1. The lowest BCUT2D eigenvalue weighted by molar-refractivity contribution is 0.206. The number of carbonyl (C=O) groups is 1. The first-order valence-electron chi connectivity index (χ1n) is 5.30. The maximum absolute atomic E-state index is 11.0. The van der Waals surface area contributed by atoms with Crippen LogP contribution in [0.25, 0.3) is 0 Å². The van der Waals surface area contributed by atoms with E-state index >= 15 is 0 Å². The first-order valence-corrected chi connectivity index (χ1v) is 5.75. The molecule has 0 unspecified atom stereocenters. The summed E-state index contributed by atoms with van der Waals surface area (Å²) in [4.78, 5) is 12.8. The van der Waals surface area contributed by atoms with E-state index in [1.54, 1.807) is 0 Å². The second kappa shape index (κ2) is 4.71. The number of benzene rings is 1. The molecule has 1 fully saturated rings. The number of hydrogen-bond acceptors (Lipinski definition) is 1.